The van der Waals surface area contributed by atoms with E-state index < -0.39 is 21.9 Å². The molecule has 2 bridgehead atoms. The van der Waals surface area contributed by atoms with Gasteiger partial charge in [0.05, 0.1) is 18.9 Å². The zero-order valence-corrected chi connectivity index (χ0v) is 17.3. The molecule has 1 aromatic rings. The zero-order valence-electron chi connectivity index (χ0n) is 16.5. The summed E-state index contributed by atoms with van der Waals surface area (Å²) in [5.41, 5.74) is -1.05. The minimum Gasteiger partial charge on any atom is -0.380 e. The molecule has 0 saturated carbocycles. The van der Waals surface area contributed by atoms with Crippen molar-refractivity contribution in [2.45, 2.75) is 68.7 Å². The predicted octanol–water partition coefficient (Wildman–Crippen LogP) is 2.72. The van der Waals surface area contributed by atoms with E-state index in [1.807, 2.05) is 0 Å². The SMILES string of the molecule is Cc1nc(C(F)(F)F)ccc1S(=O)(=O)N1C2CC[C@H]1C[C@H](NCC1(C)COC1)C2. The molecule has 1 aromatic heterocycles. The van der Waals surface area contributed by atoms with Crippen LogP contribution in [0, 0.1) is 12.3 Å². The van der Waals surface area contributed by atoms with E-state index in [-0.39, 0.29) is 34.1 Å². The fourth-order valence-electron chi connectivity index (χ4n) is 4.73. The number of sulfonamides is 1. The number of hydrogen-bond acceptors (Lipinski definition) is 5. The minimum absolute atomic E-state index is 0.114. The first-order chi connectivity index (χ1) is 13.5. The minimum atomic E-state index is -4.60. The van der Waals surface area contributed by atoms with Crippen LogP contribution < -0.4 is 5.32 Å². The third kappa shape index (κ3) is 3.92. The van der Waals surface area contributed by atoms with Gasteiger partial charge in [0, 0.05) is 30.1 Å². The van der Waals surface area contributed by atoms with Crippen LogP contribution in [0.5, 0.6) is 0 Å². The molecule has 0 amide bonds. The van der Waals surface area contributed by atoms with Crippen molar-refractivity contribution in [3.8, 4) is 0 Å². The molecule has 162 valence electrons. The van der Waals surface area contributed by atoms with Crippen molar-refractivity contribution in [2.24, 2.45) is 5.41 Å². The lowest BCUT2D eigenvalue weighted by Crippen LogP contribution is -2.55. The predicted molar refractivity (Wildman–Crippen MR) is 99.8 cm³/mol. The quantitative estimate of drug-likeness (QED) is 0.773. The first kappa shape index (κ1) is 21.0. The Morgan fingerprint density at radius 2 is 1.86 bits per heavy atom. The summed E-state index contributed by atoms with van der Waals surface area (Å²) in [5.74, 6) is 0. The van der Waals surface area contributed by atoms with Gasteiger partial charge in [-0.3, -0.25) is 0 Å². The van der Waals surface area contributed by atoms with Gasteiger partial charge in [-0.05, 0) is 44.7 Å². The molecule has 4 heterocycles. The van der Waals surface area contributed by atoms with Crippen molar-refractivity contribution in [1.82, 2.24) is 14.6 Å². The molecule has 4 rings (SSSR count). The van der Waals surface area contributed by atoms with Gasteiger partial charge in [-0.25, -0.2) is 13.4 Å². The summed E-state index contributed by atoms with van der Waals surface area (Å²) < 4.78 is 72.0. The van der Waals surface area contributed by atoms with E-state index in [1.54, 1.807) is 0 Å². The first-order valence-electron chi connectivity index (χ1n) is 9.89. The highest BCUT2D eigenvalue weighted by molar-refractivity contribution is 7.89. The maximum Gasteiger partial charge on any atom is 0.433 e. The molecular formula is C19H26F3N3O3S. The number of piperidine rings is 1. The van der Waals surface area contributed by atoms with Crippen molar-refractivity contribution < 1.29 is 26.3 Å². The molecule has 0 aromatic carbocycles. The molecule has 3 aliphatic rings. The molecule has 3 aliphatic heterocycles. The molecule has 6 nitrogen and oxygen atoms in total. The van der Waals surface area contributed by atoms with Gasteiger partial charge >= 0.3 is 6.18 Å². The summed E-state index contributed by atoms with van der Waals surface area (Å²) in [7, 11) is -3.90. The fraction of sp³-hybridized carbons (Fsp3) is 0.737. The normalized spacial score (nSPS) is 29.6. The van der Waals surface area contributed by atoms with E-state index in [2.05, 4.69) is 17.2 Å². The first-order valence-corrected chi connectivity index (χ1v) is 11.3. The number of fused-ring (bicyclic) bond motifs is 2. The summed E-state index contributed by atoms with van der Waals surface area (Å²) in [6.45, 7) is 5.80. The molecule has 10 heteroatoms. The number of nitrogens with one attached hydrogen (secondary N) is 1. The van der Waals surface area contributed by atoms with Crippen LogP contribution in [0.4, 0.5) is 13.2 Å². The molecule has 1 N–H and O–H groups in total. The highest BCUT2D eigenvalue weighted by Crippen LogP contribution is 2.41. The summed E-state index contributed by atoms with van der Waals surface area (Å²) in [6.07, 6.45) is -1.64. The number of pyridine rings is 1. The fourth-order valence-corrected chi connectivity index (χ4v) is 6.78. The van der Waals surface area contributed by atoms with Crippen LogP contribution in [0.25, 0.3) is 0 Å². The van der Waals surface area contributed by atoms with Crippen molar-refractivity contribution >= 4 is 10.0 Å². The smallest absolute Gasteiger partial charge is 0.380 e. The monoisotopic (exact) mass is 433 g/mol. The second-order valence-corrected chi connectivity index (χ2v) is 10.7. The Morgan fingerprint density at radius 1 is 1.24 bits per heavy atom. The van der Waals surface area contributed by atoms with Crippen molar-refractivity contribution in [1.29, 1.82) is 0 Å². The Labute approximate surface area is 168 Å². The lowest BCUT2D eigenvalue weighted by atomic mass is 9.87. The molecule has 0 radical (unpaired) electrons. The number of ether oxygens (including phenoxy) is 1. The van der Waals surface area contributed by atoms with Gasteiger partial charge in [-0.1, -0.05) is 6.92 Å². The maximum absolute atomic E-state index is 13.3. The molecule has 29 heavy (non-hydrogen) atoms. The molecule has 3 saturated heterocycles. The van der Waals surface area contributed by atoms with E-state index in [0.29, 0.717) is 12.8 Å². The van der Waals surface area contributed by atoms with Crippen LogP contribution >= 0.6 is 0 Å². The van der Waals surface area contributed by atoms with Crippen molar-refractivity contribution in [3.05, 3.63) is 23.5 Å². The van der Waals surface area contributed by atoms with Gasteiger partial charge in [0.25, 0.3) is 0 Å². The molecule has 3 atom stereocenters. The largest absolute Gasteiger partial charge is 0.433 e. The van der Waals surface area contributed by atoms with E-state index in [0.717, 1.165) is 44.7 Å². The van der Waals surface area contributed by atoms with Crippen molar-refractivity contribution in [2.75, 3.05) is 19.8 Å². The molecule has 1 unspecified atom stereocenters. The van der Waals surface area contributed by atoms with E-state index in [4.69, 9.17) is 4.74 Å². The second kappa shape index (κ2) is 7.18. The summed E-state index contributed by atoms with van der Waals surface area (Å²) >= 11 is 0. The second-order valence-electron chi connectivity index (χ2n) is 8.85. The lowest BCUT2D eigenvalue weighted by molar-refractivity contribution is -0.141. The Balaban J connectivity index is 1.50. The Morgan fingerprint density at radius 3 is 2.34 bits per heavy atom. The van der Waals surface area contributed by atoms with Gasteiger partial charge in [-0.15, -0.1) is 0 Å². The topological polar surface area (TPSA) is 71.5 Å². The summed E-state index contributed by atoms with van der Waals surface area (Å²) in [4.78, 5) is 3.38. The van der Waals surface area contributed by atoms with Gasteiger partial charge in [0.1, 0.15) is 10.6 Å². The van der Waals surface area contributed by atoms with Crippen molar-refractivity contribution in [3.63, 3.8) is 0 Å². The van der Waals surface area contributed by atoms with Crippen LogP contribution in [-0.2, 0) is 20.9 Å². The average molecular weight is 433 g/mol. The van der Waals surface area contributed by atoms with Gasteiger partial charge in [-0.2, -0.15) is 17.5 Å². The third-order valence-corrected chi connectivity index (χ3v) is 8.41. The van der Waals surface area contributed by atoms with Crippen LogP contribution in [0.2, 0.25) is 0 Å². The number of alkyl halides is 3. The Hall–Kier alpha value is -1.23. The summed E-state index contributed by atoms with van der Waals surface area (Å²) in [6, 6.07) is 1.76. The molecule has 0 aliphatic carbocycles. The molecule has 3 fully saturated rings. The van der Waals surface area contributed by atoms with Gasteiger partial charge < -0.3 is 10.1 Å². The maximum atomic E-state index is 13.3. The van der Waals surface area contributed by atoms with E-state index in [1.165, 1.54) is 11.2 Å². The third-order valence-electron chi connectivity index (χ3n) is 6.27. The highest BCUT2D eigenvalue weighted by Gasteiger charge is 2.48. The van der Waals surface area contributed by atoms with E-state index in [9.17, 15) is 21.6 Å². The number of nitrogens with zero attached hydrogens (tertiary/aromatic N) is 2. The number of hydrogen-bond donors (Lipinski definition) is 1. The lowest BCUT2D eigenvalue weighted by Gasteiger charge is -2.42. The van der Waals surface area contributed by atoms with Crippen LogP contribution in [-0.4, -0.2) is 55.6 Å². The summed E-state index contributed by atoms with van der Waals surface area (Å²) in [5, 5.41) is 3.57. The Kier molecular flexibility index (Phi) is 5.20. The van der Waals surface area contributed by atoms with Gasteiger partial charge in [0.2, 0.25) is 10.0 Å². The Bertz CT molecular complexity index is 872. The van der Waals surface area contributed by atoms with E-state index >= 15 is 0 Å². The number of aromatic nitrogens is 1. The van der Waals surface area contributed by atoms with Gasteiger partial charge in [0.15, 0.2) is 0 Å². The molecular weight excluding hydrogens is 407 g/mol. The van der Waals surface area contributed by atoms with Crippen LogP contribution in [0.15, 0.2) is 17.0 Å². The van der Waals surface area contributed by atoms with Crippen LogP contribution in [0.1, 0.15) is 44.0 Å². The average Bonchev–Trinajstić information content (AvgIpc) is 2.89. The van der Waals surface area contributed by atoms with Crippen LogP contribution in [0.3, 0.4) is 0 Å². The standard InChI is InChI=1S/C19H26F3N3O3S/c1-12-16(5-6-17(24-12)19(20,21)22)29(26,27)25-14-3-4-15(25)8-13(7-14)23-9-18(2)10-28-11-18/h5-6,13-15,23H,3-4,7-11H2,1-2H3/t13-,14-,15?/m0/s1. The molecule has 0 spiro atoms. The zero-order chi connectivity index (χ0) is 21.0. The number of aryl methyl sites for hydroxylation is 1. The highest BCUT2D eigenvalue weighted by atomic mass is 32.2. The number of halogens is 3. The number of rotatable bonds is 5.